The molecule has 0 unspecified atom stereocenters. The Balaban J connectivity index is 1.97. The minimum absolute atomic E-state index is 0.0962. The van der Waals surface area contributed by atoms with Crippen LogP contribution < -0.4 is 9.64 Å². The van der Waals surface area contributed by atoms with Gasteiger partial charge in [0.15, 0.2) is 0 Å². The summed E-state index contributed by atoms with van der Waals surface area (Å²) in [5.74, 6) is -0.141. The fourth-order valence-electron chi connectivity index (χ4n) is 3.15. The number of nitrogens with zero attached hydrogens (tertiary/aromatic N) is 1. The quantitative estimate of drug-likeness (QED) is 0.562. The van der Waals surface area contributed by atoms with E-state index in [1.807, 2.05) is 13.8 Å². The maximum absolute atomic E-state index is 12.6. The van der Waals surface area contributed by atoms with Crippen LogP contribution in [-0.4, -0.2) is 17.9 Å². The van der Waals surface area contributed by atoms with Crippen LogP contribution in [0.4, 0.5) is 5.69 Å². The first kappa shape index (κ1) is 17.3. The van der Waals surface area contributed by atoms with Crippen LogP contribution in [0.15, 0.2) is 23.3 Å². The van der Waals surface area contributed by atoms with Crippen molar-refractivity contribution in [3.8, 4) is 5.75 Å². The van der Waals surface area contributed by atoms with Gasteiger partial charge in [-0.15, -0.1) is 0 Å². The van der Waals surface area contributed by atoms with Gasteiger partial charge in [-0.2, -0.15) is 0 Å². The molecule has 0 atom stereocenters. The number of carbonyl (C=O) groups excluding carboxylic acids is 2. The molecule has 1 aliphatic heterocycles. The van der Waals surface area contributed by atoms with Crippen molar-refractivity contribution in [2.75, 3.05) is 4.90 Å². The molecule has 2 amide bonds. The van der Waals surface area contributed by atoms with Crippen LogP contribution in [0.3, 0.4) is 0 Å². The van der Waals surface area contributed by atoms with Gasteiger partial charge in [0.2, 0.25) is 5.91 Å². The van der Waals surface area contributed by atoms with Gasteiger partial charge in [0.1, 0.15) is 5.75 Å². The summed E-state index contributed by atoms with van der Waals surface area (Å²) in [4.78, 5) is 26.0. The van der Waals surface area contributed by atoms with E-state index in [4.69, 9.17) is 27.9 Å². The number of hydrogen-bond acceptors (Lipinski definition) is 3. The lowest BCUT2D eigenvalue weighted by molar-refractivity contribution is -0.120. The molecule has 1 aromatic carbocycles. The van der Waals surface area contributed by atoms with Crippen molar-refractivity contribution in [2.45, 2.75) is 52.1 Å². The molecule has 4 nitrogen and oxygen atoms in total. The molecule has 1 heterocycles. The Hall–Kier alpha value is -1.52. The van der Waals surface area contributed by atoms with Crippen molar-refractivity contribution in [2.24, 2.45) is 0 Å². The molecule has 0 aromatic heterocycles. The summed E-state index contributed by atoms with van der Waals surface area (Å²) in [6, 6.07) is 3.14. The predicted molar refractivity (Wildman–Crippen MR) is 94.8 cm³/mol. The number of amides is 2. The maximum Gasteiger partial charge on any atom is 0.261 e. The second-order valence-electron chi connectivity index (χ2n) is 6.45. The van der Waals surface area contributed by atoms with Gasteiger partial charge >= 0.3 is 0 Å². The van der Waals surface area contributed by atoms with Gasteiger partial charge in [0.05, 0.1) is 28.3 Å². The van der Waals surface area contributed by atoms with Crippen LogP contribution in [0.2, 0.25) is 10.0 Å². The SMILES string of the molecule is CC(C)=C1CC(=O)N(c2cc(OC3CCCC3)c(Cl)cc2Cl)C1=O. The van der Waals surface area contributed by atoms with E-state index in [-0.39, 0.29) is 29.4 Å². The van der Waals surface area contributed by atoms with Crippen LogP contribution in [0, 0.1) is 0 Å². The third-order valence-corrected chi connectivity index (χ3v) is 5.08. The molecule has 0 radical (unpaired) electrons. The normalized spacial score (nSPS) is 18.7. The molecule has 1 aromatic rings. The summed E-state index contributed by atoms with van der Waals surface area (Å²) >= 11 is 12.5. The van der Waals surface area contributed by atoms with Crippen LogP contribution in [-0.2, 0) is 9.59 Å². The average molecular weight is 368 g/mol. The molecule has 2 fully saturated rings. The van der Waals surface area contributed by atoms with Crippen LogP contribution in [0.5, 0.6) is 5.75 Å². The van der Waals surface area contributed by atoms with Gasteiger partial charge in [-0.05, 0) is 45.6 Å². The summed E-state index contributed by atoms with van der Waals surface area (Å²) < 4.78 is 5.95. The zero-order valence-corrected chi connectivity index (χ0v) is 15.2. The van der Waals surface area contributed by atoms with E-state index >= 15 is 0 Å². The van der Waals surface area contributed by atoms with Crippen LogP contribution in [0.1, 0.15) is 46.0 Å². The van der Waals surface area contributed by atoms with Gasteiger partial charge < -0.3 is 4.74 Å². The Morgan fingerprint density at radius 3 is 2.38 bits per heavy atom. The van der Waals surface area contributed by atoms with E-state index < -0.39 is 0 Å². The lowest BCUT2D eigenvalue weighted by Crippen LogP contribution is -2.29. The number of rotatable bonds is 3. The molecule has 2 aliphatic rings. The zero-order valence-electron chi connectivity index (χ0n) is 13.7. The Bertz CT molecular complexity index is 732. The van der Waals surface area contributed by atoms with E-state index in [9.17, 15) is 9.59 Å². The molecular weight excluding hydrogens is 349 g/mol. The average Bonchev–Trinajstić information content (AvgIpc) is 3.11. The summed E-state index contributed by atoms with van der Waals surface area (Å²) in [6.45, 7) is 3.64. The van der Waals surface area contributed by atoms with E-state index in [1.54, 1.807) is 6.07 Å². The zero-order chi connectivity index (χ0) is 17.4. The first-order chi connectivity index (χ1) is 11.4. The van der Waals surface area contributed by atoms with E-state index in [1.165, 1.54) is 6.07 Å². The Labute approximate surface area is 151 Å². The Morgan fingerprint density at radius 1 is 1.12 bits per heavy atom. The number of anilines is 1. The van der Waals surface area contributed by atoms with Crippen molar-refractivity contribution in [1.82, 2.24) is 0 Å². The van der Waals surface area contributed by atoms with Gasteiger partial charge in [-0.1, -0.05) is 28.8 Å². The highest BCUT2D eigenvalue weighted by Gasteiger charge is 2.37. The van der Waals surface area contributed by atoms with Crippen molar-refractivity contribution < 1.29 is 14.3 Å². The largest absolute Gasteiger partial charge is 0.489 e. The summed E-state index contributed by atoms with van der Waals surface area (Å²) in [5.41, 5.74) is 1.69. The molecule has 3 rings (SSSR count). The second-order valence-corrected chi connectivity index (χ2v) is 7.26. The monoisotopic (exact) mass is 367 g/mol. The van der Waals surface area contributed by atoms with Crippen LogP contribution in [0.25, 0.3) is 0 Å². The third-order valence-electron chi connectivity index (χ3n) is 4.48. The fraction of sp³-hybridized carbons (Fsp3) is 0.444. The molecule has 1 saturated carbocycles. The minimum atomic E-state index is -0.323. The molecular formula is C18H19Cl2NO3. The molecule has 0 spiro atoms. The highest BCUT2D eigenvalue weighted by molar-refractivity contribution is 6.39. The topological polar surface area (TPSA) is 46.6 Å². The molecule has 128 valence electrons. The van der Waals surface area contributed by atoms with Crippen molar-refractivity contribution in [3.63, 3.8) is 0 Å². The van der Waals surface area contributed by atoms with Crippen molar-refractivity contribution in [3.05, 3.63) is 33.3 Å². The van der Waals surface area contributed by atoms with Gasteiger partial charge in [-0.3, -0.25) is 9.59 Å². The predicted octanol–water partition coefficient (Wildman–Crippen LogP) is 4.91. The molecule has 6 heteroatoms. The second kappa shape index (κ2) is 6.77. The van der Waals surface area contributed by atoms with E-state index in [2.05, 4.69) is 0 Å². The first-order valence-electron chi connectivity index (χ1n) is 8.08. The standard InChI is InChI=1S/C18H19Cl2NO3/c1-10(2)12-7-17(22)21(18(12)23)15-9-16(14(20)8-13(15)19)24-11-5-3-4-6-11/h8-9,11H,3-7H2,1-2H3. The summed E-state index contributed by atoms with van der Waals surface area (Å²) in [7, 11) is 0. The number of allylic oxidation sites excluding steroid dienone is 1. The number of hydrogen-bond donors (Lipinski definition) is 0. The van der Waals surface area contributed by atoms with E-state index in [0.29, 0.717) is 22.0 Å². The highest BCUT2D eigenvalue weighted by atomic mass is 35.5. The van der Waals surface area contributed by atoms with Crippen molar-refractivity contribution >= 4 is 40.7 Å². The van der Waals surface area contributed by atoms with Gasteiger partial charge in [0.25, 0.3) is 5.91 Å². The lowest BCUT2D eigenvalue weighted by Gasteiger charge is -2.20. The summed E-state index contributed by atoms with van der Waals surface area (Å²) in [5, 5.41) is 0.646. The molecule has 0 bridgehead atoms. The number of benzene rings is 1. The molecule has 1 aliphatic carbocycles. The number of halogens is 2. The Kier molecular flexibility index (Phi) is 4.88. The maximum atomic E-state index is 12.6. The van der Waals surface area contributed by atoms with Crippen LogP contribution >= 0.6 is 23.2 Å². The molecule has 1 saturated heterocycles. The summed E-state index contributed by atoms with van der Waals surface area (Å²) in [6.07, 6.45) is 4.45. The number of ether oxygens (including phenoxy) is 1. The number of carbonyl (C=O) groups is 2. The molecule has 0 N–H and O–H groups in total. The number of imide groups is 1. The third kappa shape index (κ3) is 3.17. The Morgan fingerprint density at radius 2 is 1.79 bits per heavy atom. The first-order valence-corrected chi connectivity index (χ1v) is 8.83. The lowest BCUT2D eigenvalue weighted by atomic mass is 10.1. The van der Waals surface area contributed by atoms with E-state index in [0.717, 1.165) is 36.2 Å². The van der Waals surface area contributed by atoms with Gasteiger partial charge in [0, 0.05) is 11.6 Å². The van der Waals surface area contributed by atoms with Crippen molar-refractivity contribution in [1.29, 1.82) is 0 Å². The smallest absolute Gasteiger partial charge is 0.261 e. The van der Waals surface area contributed by atoms with Gasteiger partial charge in [-0.25, -0.2) is 4.90 Å². The highest BCUT2D eigenvalue weighted by Crippen LogP contribution is 2.40. The molecule has 24 heavy (non-hydrogen) atoms. The minimum Gasteiger partial charge on any atom is -0.489 e. The fourth-order valence-corrected chi connectivity index (χ4v) is 3.67.